The van der Waals surface area contributed by atoms with Crippen molar-refractivity contribution in [2.24, 2.45) is 10.2 Å². The van der Waals surface area contributed by atoms with Crippen LogP contribution in [0.25, 0.3) is 10.9 Å². The molecule has 4 rings (SSSR count). The molecule has 0 aliphatic rings. The standard InChI is InChI=1S/C24H20BrN3O3/c1-31-19-10-7-17(8-11-19)23(29)27-26-22-20-15-18(25)9-12-21(20)28(24(22)30)14-13-16-5-3-2-4-6-16/h2-12,15,30H,13-14H2,1H3. The van der Waals surface area contributed by atoms with Crippen LogP contribution in [0, 0.1) is 0 Å². The number of carbonyl (C=O) groups is 1. The molecule has 3 aromatic carbocycles. The number of carbonyl (C=O) groups excluding carboxylic acids is 1. The molecule has 0 aliphatic heterocycles. The first-order chi connectivity index (χ1) is 15.1. The van der Waals surface area contributed by atoms with Gasteiger partial charge in [-0.3, -0.25) is 4.79 Å². The fourth-order valence-corrected chi connectivity index (χ4v) is 3.75. The van der Waals surface area contributed by atoms with Crippen LogP contribution in [0.4, 0.5) is 5.69 Å². The number of benzene rings is 3. The Morgan fingerprint density at radius 2 is 1.81 bits per heavy atom. The molecular weight excluding hydrogens is 458 g/mol. The summed E-state index contributed by atoms with van der Waals surface area (Å²) in [5, 5.41) is 19.6. The third-order valence-electron chi connectivity index (χ3n) is 5.02. The van der Waals surface area contributed by atoms with Crippen molar-refractivity contribution in [2.45, 2.75) is 13.0 Å². The van der Waals surface area contributed by atoms with Crippen LogP contribution in [-0.2, 0) is 13.0 Å². The van der Waals surface area contributed by atoms with E-state index < -0.39 is 5.91 Å². The molecule has 0 bridgehead atoms. The van der Waals surface area contributed by atoms with Crippen molar-refractivity contribution in [3.8, 4) is 11.6 Å². The summed E-state index contributed by atoms with van der Waals surface area (Å²) in [6.07, 6.45) is 0.746. The topological polar surface area (TPSA) is 76.2 Å². The lowest BCUT2D eigenvalue weighted by atomic mass is 10.1. The lowest BCUT2D eigenvalue weighted by Gasteiger charge is -2.07. The van der Waals surface area contributed by atoms with Gasteiger partial charge in [-0.1, -0.05) is 46.3 Å². The van der Waals surface area contributed by atoms with Crippen LogP contribution in [0.15, 0.2) is 87.5 Å². The largest absolute Gasteiger partial charge is 0.497 e. The van der Waals surface area contributed by atoms with Crippen LogP contribution in [-0.4, -0.2) is 22.7 Å². The van der Waals surface area contributed by atoms with Crippen LogP contribution in [0.5, 0.6) is 11.6 Å². The average Bonchev–Trinajstić information content (AvgIpc) is 3.06. The van der Waals surface area contributed by atoms with Gasteiger partial charge < -0.3 is 14.4 Å². The molecule has 1 N–H and O–H groups in total. The maximum atomic E-state index is 12.5. The lowest BCUT2D eigenvalue weighted by Crippen LogP contribution is -2.00. The predicted molar refractivity (Wildman–Crippen MR) is 123 cm³/mol. The Labute approximate surface area is 187 Å². The van der Waals surface area contributed by atoms with E-state index in [0.717, 1.165) is 16.4 Å². The van der Waals surface area contributed by atoms with E-state index in [1.807, 2.05) is 48.5 Å². The van der Waals surface area contributed by atoms with Crippen molar-refractivity contribution < 1.29 is 14.6 Å². The zero-order chi connectivity index (χ0) is 21.8. The number of rotatable bonds is 6. The van der Waals surface area contributed by atoms with Gasteiger partial charge in [-0.05, 0) is 54.4 Å². The monoisotopic (exact) mass is 477 g/mol. The number of nitrogens with zero attached hydrogens (tertiary/aromatic N) is 3. The van der Waals surface area contributed by atoms with Gasteiger partial charge in [-0.15, -0.1) is 10.2 Å². The van der Waals surface area contributed by atoms with Crippen LogP contribution in [0.3, 0.4) is 0 Å². The van der Waals surface area contributed by atoms with Crippen molar-refractivity contribution in [1.29, 1.82) is 0 Å². The van der Waals surface area contributed by atoms with Crippen LogP contribution >= 0.6 is 15.9 Å². The van der Waals surface area contributed by atoms with Crippen LogP contribution < -0.4 is 4.74 Å². The number of halogens is 1. The number of ether oxygens (including phenoxy) is 1. The Balaban J connectivity index is 1.66. The second-order valence-electron chi connectivity index (χ2n) is 6.95. The van der Waals surface area contributed by atoms with Crippen molar-refractivity contribution in [3.05, 3.63) is 88.4 Å². The molecule has 0 radical (unpaired) electrons. The first-order valence-corrected chi connectivity index (χ1v) is 10.5. The zero-order valence-corrected chi connectivity index (χ0v) is 18.4. The fraction of sp³-hybridized carbons (Fsp3) is 0.125. The molecule has 1 aromatic heterocycles. The van der Waals surface area contributed by atoms with E-state index in [1.54, 1.807) is 35.9 Å². The molecule has 1 heterocycles. The summed E-state index contributed by atoms with van der Waals surface area (Å²) in [4.78, 5) is 12.5. The van der Waals surface area contributed by atoms with Gasteiger partial charge in [-0.2, -0.15) is 0 Å². The van der Waals surface area contributed by atoms with Gasteiger partial charge >= 0.3 is 0 Å². The Bertz CT molecular complexity index is 1250. The number of fused-ring (bicyclic) bond motifs is 1. The highest BCUT2D eigenvalue weighted by molar-refractivity contribution is 9.10. The molecule has 0 saturated carbocycles. The second kappa shape index (κ2) is 9.14. The minimum atomic E-state index is -0.498. The quantitative estimate of drug-likeness (QED) is 0.331. The number of aromatic nitrogens is 1. The highest BCUT2D eigenvalue weighted by atomic mass is 79.9. The average molecular weight is 478 g/mol. The molecule has 0 unspecified atom stereocenters. The van der Waals surface area contributed by atoms with Crippen molar-refractivity contribution >= 4 is 38.4 Å². The van der Waals surface area contributed by atoms with E-state index in [-0.39, 0.29) is 11.6 Å². The van der Waals surface area contributed by atoms with Crippen LogP contribution in [0.2, 0.25) is 0 Å². The Kier molecular flexibility index (Phi) is 6.13. The van der Waals surface area contributed by atoms with Gasteiger partial charge in [-0.25, -0.2) is 0 Å². The first kappa shape index (κ1) is 20.8. The van der Waals surface area contributed by atoms with Gasteiger partial charge in [0.2, 0.25) is 5.88 Å². The van der Waals surface area contributed by atoms with Crippen molar-refractivity contribution in [1.82, 2.24) is 4.57 Å². The second-order valence-corrected chi connectivity index (χ2v) is 7.87. The molecule has 7 heteroatoms. The third-order valence-corrected chi connectivity index (χ3v) is 5.51. The summed E-state index contributed by atoms with van der Waals surface area (Å²) >= 11 is 3.46. The van der Waals surface area contributed by atoms with Gasteiger partial charge in [0.15, 0.2) is 5.69 Å². The molecule has 0 aliphatic carbocycles. The SMILES string of the molecule is COc1ccc(C(=O)N=Nc2c(O)n(CCc3ccccc3)c3ccc(Br)cc23)cc1. The van der Waals surface area contributed by atoms with Gasteiger partial charge in [0.25, 0.3) is 5.91 Å². The highest BCUT2D eigenvalue weighted by Crippen LogP contribution is 2.40. The third kappa shape index (κ3) is 4.51. The molecule has 31 heavy (non-hydrogen) atoms. The number of hydrogen-bond acceptors (Lipinski definition) is 4. The van der Waals surface area contributed by atoms with Gasteiger partial charge in [0, 0.05) is 22.0 Å². The van der Waals surface area contributed by atoms with Crippen molar-refractivity contribution in [3.63, 3.8) is 0 Å². The summed E-state index contributed by atoms with van der Waals surface area (Å²) in [5.74, 6) is 0.134. The van der Waals surface area contributed by atoms with Crippen molar-refractivity contribution in [2.75, 3.05) is 7.11 Å². The van der Waals surface area contributed by atoms with E-state index in [0.29, 0.717) is 23.2 Å². The minimum Gasteiger partial charge on any atom is -0.497 e. The van der Waals surface area contributed by atoms with E-state index in [1.165, 1.54) is 5.56 Å². The maximum absolute atomic E-state index is 12.5. The Morgan fingerprint density at radius 3 is 2.52 bits per heavy atom. The predicted octanol–water partition coefficient (Wildman–Crippen LogP) is 6.28. The number of hydrogen-bond donors (Lipinski definition) is 1. The fourth-order valence-electron chi connectivity index (χ4n) is 3.39. The van der Waals surface area contributed by atoms with E-state index in [4.69, 9.17) is 4.74 Å². The smallest absolute Gasteiger partial charge is 0.295 e. The Hall–Kier alpha value is -3.45. The molecular formula is C24H20BrN3O3. The van der Waals surface area contributed by atoms with Gasteiger partial charge in [0.1, 0.15) is 5.75 Å². The number of aromatic hydroxyl groups is 1. The summed E-state index contributed by atoms with van der Waals surface area (Å²) in [7, 11) is 1.56. The molecule has 0 spiro atoms. The minimum absolute atomic E-state index is 0.0182. The molecule has 0 fully saturated rings. The van der Waals surface area contributed by atoms with E-state index in [2.05, 4.69) is 26.2 Å². The summed E-state index contributed by atoms with van der Waals surface area (Å²) in [5.41, 5.74) is 2.64. The molecule has 6 nitrogen and oxygen atoms in total. The van der Waals surface area contributed by atoms with Crippen LogP contribution in [0.1, 0.15) is 15.9 Å². The number of methoxy groups -OCH3 is 1. The lowest BCUT2D eigenvalue weighted by molar-refractivity contribution is 0.0995. The molecule has 156 valence electrons. The first-order valence-electron chi connectivity index (χ1n) is 9.71. The number of aryl methyl sites for hydroxylation is 2. The molecule has 0 saturated heterocycles. The molecule has 1 amide bonds. The Morgan fingerprint density at radius 1 is 1.06 bits per heavy atom. The van der Waals surface area contributed by atoms with E-state index >= 15 is 0 Å². The number of azo groups is 1. The van der Waals surface area contributed by atoms with E-state index in [9.17, 15) is 9.90 Å². The number of amides is 1. The molecule has 4 aromatic rings. The maximum Gasteiger partial charge on any atom is 0.295 e. The normalized spacial score (nSPS) is 11.3. The van der Waals surface area contributed by atoms with Gasteiger partial charge in [0.05, 0.1) is 12.6 Å². The highest BCUT2D eigenvalue weighted by Gasteiger charge is 2.17. The summed E-state index contributed by atoms with van der Waals surface area (Å²) < 4.78 is 7.74. The molecule has 0 atom stereocenters. The summed E-state index contributed by atoms with van der Waals surface area (Å²) in [6.45, 7) is 0.565. The summed E-state index contributed by atoms with van der Waals surface area (Å²) in [6, 6.07) is 22.4. The zero-order valence-electron chi connectivity index (χ0n) is 16.8.